The smallest absolute Gasteiger partial charge is 0.329 e. The number of carbonyl (C=O) groups excluding carboxylic acids is 1. The molecule has 0 bridgehead atoms. The van der Waals surface area contributed by atoms with Crippen LogP contribution in [0.4, 0.5) is 0 Å². The maximum atomic E-state index is 11.4. The third kappa shape index (κ3) is 3.63. The minimum absolute atomic E-state index is 0.141. The first-order chi connectivity index (χ1) is 9.32. The fourth-order valence-corrected chi connectivity index (χ4v) is 1.96. The van der Waals surface area contributed by atoms with Gasteiger partial charge >= 0.3 is 5.97 Å². The van der Waals surface area contributed by atoms with E-state index in [2.05, 4.69) is 5.32 Å². The summed E-state index contributed by atoms with van der Waals surface area (Å²) in [5.41, 5.74) is -0.646. The molecule has 0 spiro atoms. The maximum absolute atomic E-state index is 11.4. The van der Waals surface area contributed by atoms with Crippen LogP contribution in [0.1, 0.15) is 19.4 Å². The van der Waals surface area contributed by atoms with Crippen molar-refractivity contribution in [3.63, 3.8) is 0 Å². The molecule has 0 aliphatic heterocycles. The van der Waals surface area contributed by atoms with E-state index in [0.717, 1.165) is 5.56 Å². The number of benzene rings is 1. The van der Waals surface area contributed by atoms with Crippen LogP contribution in [0.15, 0.2) is 18.2 Å². The Balaban J connectivity index is 3.06. The summed E-state index contributed by atoms with van der Waals surface area (Å²) < 4.78 is 10.3. The lowest BCUT2D eigenvalue weighted by Crippen LogP contribution is -2.53. The van der Waals surface area contributed by atoms with Crippen molar-refractivity contribution in [1.82, 2.24) is 5.32 Å². The Morgan fingerprint density at radius 1 is 1.25 bits per heavy atom. The number of aliphatic carboxylic acids is 1. The summed E-state index contributed by atoms with van der Waals surface area (Å²) in [4.78, 5) is 22.5. The molecule has 0 radical (unpaired) electrons. The van der Waals surface area contributed by atoms with E-state index < -0.39 is 17.4 Å². The summed E-state index contributed by atoms with van der Waals surface area (Å²) in [5.74, 6) is -0.411. The van der Waals surface area contributed by atoms with Crippen LogP contribution >= 0.6 is 0 Å². The van der Waals surface area contributed by atoms with Gasteiger partial charge in [0.1, 0.15) is 5.54 Å². The molecule has 0 fully saturated rings. The second-order valence-electron chi connectivity index (χ2n) is 4.68. The lowest BCUT2D eigenvalue weighted by Gasteiger charge is -2.26. The Hall–Kier alpha value is -2.24. The maximum Gasteiger partial charge on any atom is 0.329 e. The summed E-state index contributed by atoms with van der Waals surface area (Å²) in [6, 6.07) is 5.14. The molecule has 0 heterocycles. The second kappa shape index (κ2) is 6.27. The van der Waals surface area contributed by atoms with Gasteiger partial charge < -0.3 is 19.9 Å². The van der Waals surface area contributed by atoms with Crippen LogP contribution in [0, 0.1) is 0 Å². The molecule has 2 N–H and O–H groups in total. The average molecular weight is 281 g/mol. The van der Waals surface area contributed by atoms with Crippen molar-refractivity contribution in [1.29, 1.82) is 0 Å². The van der Waals surface area contributed by atoms with Gasteiger partial charge in [0.15, 0.2) is 11.5 Å². The molecule has 1 rings (SSSR count). The van der Waals surface area contributed by atoms with Gasteiger partial charge in [-0.2, -0.15) is 0 Å². The average Bonchev–Trinajstić information content (AvgIpc) is 2.37. The molecule has 0 aliphatic rings. The van der Waals surface area contributed by atoms with E-state index in [1.165, 1.54) is 28.1 Å². The van der Waals surface area contributed by atoms with E-state index in [9.17, 15) is 14.7 Å². The molecule has 0 unspecified atom stereocenters. The highest BCUT2D eigenvalue weighted by Gasteiger charge is 2.34. The number of amides is 1. The molecule has 0 aromatic heterocycles. The monoisotopic (exact) mass is 281 g/mol. The highest BCUT2D eigenvalue weighted by molar-refractivity contribution is 5.85. The van der Waals surface area contributed by atoms with Gasteiger partial charge in [0, 0.05) is 13.3 Å². The number of hydrogen-bond donors (Lipinski definition) is 2. The van der Waals surface area contributed by atoms with E-state index in [0.29, 0.717) is 11.5 Å². The van der Waals surface area contributed by atoms with E-state index >= 15 is 0 Å². The Kier molecular flexibility index (Phi) is 4.96. The van der Waals surface area contributed by atoms with Crippen molar-refractivity contribution in [3.8, 4) is 11.5 Å². The van der Waals surface area contributed by atoms with Crippen molar-refractivity contribution < 1.29 is 24.2 Å². The molecule has 0 saturated carbocycles. The quantitative estimate of drug-likeness (QED) is 0.819. The highest BCUT2D eigenvalue weighted by atomic mass is 16.5. The predicted octanol–water partition coefficient (Wildman–Crippen LogP) is 1.23. The van der Waals surface area contributed by atoms with Gasteiger partial charge in [0.2, 0.25) is 5.91 Å². The summed E-state index contributed by atoms with van der Waals surface area (Å²) in [6.07, 6.45) is 0.141. The van der Waals surface area contributed by atoms with Crippen LogP contribution in [-0.2, 0) is 16.0 Å². The number of carbonyl (C=O) groups is 2. The van der Waals surface area contributed by atoms with Crippen molar-refractivity contribution in [2.75, 3.05) is 14.2 Å². The number of rotatable bonds is 6. The Labute approximate surface area is 117 Å². The first-order valence-corrected chi connectivity index (χ1v) is 6.05. The Morgan fingerprint density at radius 3 is 2.30 bits per heavy atom. The number of nitrogens with one attached hydrogen (secondary N) is 1. The molecule has 20 heavy (non-hydrogen) atoms. The second-order valence-corrected chi connectivity index (χ2v) is 4.68. The molecular weight excluding hydrogens is 262 g/mol. The van der Waals surface area contributed by atoms with Gasteiger partial charge in [0.25, 0.3) is 0 Å². The van der Waals surface area contributed by atoms with Crippen LogP contribution in [0.5, 0.6) is 11.5 Å². The Bertz CT molecular complexity index is 514. The van der Waals surface area contributed by atoms with Gasteiger partial charge in [-0.15, -0.1) is 0 Å². The van der Waals surface area contributed by atoms with Gasteiger partial charge in [-0.1, -0.05) is 6.07 Å². The third-order valence-corrected chi connectivity index (χ3v) is 2.93. The zero-order valence-corrected chi connectivity index (χ0v) is 12.0. The van der Waals surface area contributed by atoms with Crippen molar-refractivity contribution in [2.45, 2.75) is 25.8 Å². The summed E-state index contributed by atoms with van der Waals surface area (Å²) >= 11 is 0. The predicted molar refractivity (Wildman–Crippen MR) is 73.1 cm³/mol. The van der Waals surface area contributed by atoms with Gasteiger partial charge in [-0.25, -0.2) is 4.79 Å². The van der Waals surface area contributed by atoms with Crippen LogP contribution in [-0.4, -0.2) is 36.7 Å². The highest BCUT2D eigenvalue weighted by Crippen LogP contribution is 2.29. The lowest BCUT2D eigenvalue weighted by molar-refractivity contribution is -0.146. The van der Waals surface area contributed by atoms with Gasteiger partial charge in [0.05, 0.1) is 14.2 Å². The van der Waals surface area contributed by atoms with E-state index in [4.69, 9.17) is 9.47 Å². The van der Waals surface area contributed by atoms with E-state index in [1.54, 1.807) is 18.2 Å². The van der Waals surface area contributed by atoms with Crippen LogP contribution in [0.25, 0.3) is 0 Å². The van der Waals surface area contributed by atoms with Crippen LogP contribution in [0.2, 0.25) is 0 Å². The number of carboxylic acids is 1. The first-order valence-electron chi connectivity index (χ1n) is 6.05. The SMILES string of the molecule is COc1ccc(C[C@@](C)(NC(C)=O)C(=O)O)cc1OC. The van der Waals surface area contributed by atoms with E-state index in [-0.39, 0.29) is 6.42 Å². The normalized spacial score (nSPS) is 13.2. The number of methoxy groups -OCH3 is 2. The standard InChI is InChI=1S/C14H19NO5/c1-9(16)15-14(2,13(17)18)8-10-5-6-11(19-3)12(7-10)20-4/h5-7H,8H2,1-4H3,(H,15,16)(H,17,18)/t14-/m1/s1. The molecule has 6 heteroatoms. The van der Waals surface area contributed by atoms with E-state index in [1.807, 2.05) is 0 Å². The fraction of sp³-hybridized carbons (Fsp3) is 0.429. The minimum Gasteiger partial charge on any atom is -0.493 e. The van der Waals surface area contributed by atoms with Crippen molar-refractivity contribution in [3.05, 3.63) is 23.8 Å². The third-order valence-electron chi connectivity index (χ3n) is 2.93. The minimum atomic E-state index is -1.37. The largest absolute Gasteiger partial charge is 0.493 e. The topological polar surface area (TPSA) is 84.9 Å². The number of hydrogen-bond acceptors (Lipinski definition) is 4. The van der Waals surface area contributed by atoms with Gasteiger partial charge in [-0.05, 0) is 24.6 Å². The molecular formula is C14H19NO5. The lowest BCUT2D eigenvalue weighted by atomic mass is 9.92. The zero-order valence-electron chi connectivity index (χ0n) is 12.0. The Morgan fingerprint density at radius 2 is 1.85 bits per heavy atom. The zero-order chi connectivity index (χ0) is 15.3. The van der Waals surface area contributed by atoms with Crippen LogP contribution < -0.4 is 14.8 Å². The number of carboxylic acid groups (broad SMARTS) is 1. The first kappa shape index (κ1) is 15.8. The molecule has 6 nitrogen and oxygen atoms in total. The molecule has 0 aliphatic carbocycles. The van der Waals surface area contributed by atoms with Gasteiger partial charge in [-0.3, -0.25) is 4.79 Å². The van der Waals surface area contributed by atoms with Crippen LogP contribution in [0.3, 0.4) is 0 Å². The summed E-state index contributed by atoms with van der Waals surface area (Å²) in [7, 11) is 3.03. The number of ether oxygens (including phenoxy) is 2. The fourth-order valence-electron chi connectivity index (χ4n) is 1.96. The molecule has 1 aromatic rings. The molecule has 1 atom stereocenters. The molecule has 1 amide bonds. The summed E-state index contributed by atoms with van der Waals surface area (Å²) in [6.45, 7) is 2.75. The summed E-state index contributed by atoms with van der Waals surface area (Å²) in [5, 5.41) is 11.8. The van der Waals surface area contributed by atoms with Crippen molar-refractivity contribution >= 4 is 11.9 Å². The molecule has 1 aromatic carbocycles. The van der Waals surface area contributed by atoms with Crippen molar-refractivity contribution in [2.24, 2.45) is 0 Å². The molecule has 110 valence electrons. The molecule has 0 saturated heterocycles.